The summed E-state index contributed by atoms with van der Waals surface area (Å²) in [5.74, 6) is -0.261. The van der Waals surface area contributed by atoms with E-state index in [0.717, 1.165) is 12.5 Å². The van der Waals surface area contributed by atoms with E-state index in [-0.39, 0.29) is 0 Å². The van der Waals surface area contributed by atoms with E-state index in [0.29, 0.717) is 17.4 Å². The van der Waals surface area contributed by atoms with Crippen LogP contribution in [0.3, 0.4) is 0 Å². The summed E-state index contributed by atoms with van der Waals surface area (Å²) < 4.78 is 0. The van der Waals surface area contributed by atoms with E-state index >= 15 is 0 Å². The van der Waals surface area contributed by atoms with Gasteiger partial charge in [-0.25, -0.2) is 4.79 Å². The molecule has 74 valence electrons. The Hall–Kier alpha value is -0.990. The Balaban J connectivity index is 2.32. The molecule has 1 saturated carbocycles. The number of nitrogens with one attached hydrogen (secondary N) is 1. The van der Waals surface area contributed by atoms with E-state index in [1.54, 1.807) is 0 Å². The first kappa shape index (κ1) is 10.1. The van der Waals surface area contributed by atoms with Gasteiger partial charge in [-0.1, -0.05) is 20.8 Å². The van der Waals surface area contributed by atoms with Crippen molar-refractivity contribution in [2.75, 3.05) is 0 Å². The predicted molar refractivity (Wildman–Crippen MR) is 51.3 cm³/mol. The Bertz CT molecular complexity index is 235. The van der Waals surface area contributed by atoms with Crippen LogP contribution in [0.15, 0.2) is 12.3 Å². The van der Waals surface area contributed by atoms with Crippen LogP contribution in [0.4, 0.5) is 0 Å². The maximum atomic E-state index is 10.2. The third kappa shape index (κ3) is 2.23. The molecule has 13 heavy (non-hydrogen) atoms. The molecule has 0 saturated heterocycles. The molecular weight excluding hydrogens is 166 g/mol. The van der Waals surface area contributed by atoms with E-state index in [1.807, 2.05) is 0 Å². The first-order valence-electron chi connectivity index (χ1n) is 4.62. The second-order valence-corrected chi connectivity index (χ2v) is 4.26. The summed E-state index contributed by atoms with van der Waals surface area (Å²) in [5, 5.41) is 11.5. The van der Waals surface area contributed by atoms with E-state index in [4.69, 9.17) is 5.11 Å². The molecule has 1 fully saturated rings. The SMILES string of the molecule is CC(C)C1(C)CC1N/C=C/C(=O)O. The normalized spacial score (nSPS) is 32.5. The Morgan fingerprint density at radius 2 is 2.31 bits per heavy atom. The minimum absolute atomic E-state index is 0.350. The standard InChI is InChI=1S/C10H17NO2/c1-7(2)10(3)6-8(10)11-5-4-9(12)13/h4-5,7-8,11H,6H2,1-3H3,(H,12,13)/b5-4+. The fourth-order valence-electron chi connectivity index (χ4n) is 1.50. The molecule has 1 aliphatic carbocycles. The van der Waals surface area contributed by atoms with Crippen molar-refractivity contribution in [3.63, 3.8) is 0 Å². The maximum absolute atomic E-state index is 10.2. The number of rotatable bonds is 4. The van der Waals surface area contributed by atoms with Gasteiger partial charge in [0.2, 0.25) is 0 Å². The Morgan fingerprint density at radius 3 is 2.69 bits per heavy atom. The summed E-state index contributed by atoms with van der Waals surface area (Å²) in [7, 11) is 0. The zero-order valence-corrected chi connectivity index (χ0v) is 8.37. The van der Waals surface area contributed by atoms with Gasteiger partial charge in [-0.05, 0) is 17.8 Å². The molecule has 0 aromatic rings. The molecule has 2 N–H and O–H groups in total. The van der Waals surface area contributed by atoms with Crippen LogP contribution in [-0.4, -0.2) is 17.1 Å². The molecule has 0 aromatic heterocycles. The number of carboxylic acid groups (broad SMARTS) is 1. The Labute approximate surface area is 78.8 Å². The van der Waals surface area contributed by atoms with Gasteiger partial charge in [0.1, 0.15) is 0 Å². The molecule has 2 atom stereocenters. The third-order valence-corrected chi connectivity index (χ3v) is 3.12. The van der Waals surface area contributed by atoms with Gasteiger partial charge in [0.15, 0.2) is 0 Å². The fraction of sp³-hybridized carbons (Fsp3) is 0.700. The Morgan fingerprint density at radius 1 is 1.69 bits per heavy atom. The lowest BCUT2D eigenvalue weighted by Crippen LogP contribution is -2.19. The molecule has 1 aliphatic rings. The molecule has 3 heteroatoms. The lowest BCUT2D eigenvalue weighted by Gasteiger charge is -2.15. The van der Waals surface area contributed by atoms with Crippen LogP contribution < -0.4 is 5.32 Å². The van der Waals surface area contributed by atoms with Gasteiger partial charge in [0.25, 0.3) is 0 Å². The highest BCUT2D eigenvalue weighted by Gasteiger charge is 2.51. The van der Waals surface area contributed by atoms with Gasteiger partial charge in [-0.2, -0.15) is 0 Å². The molecule has 3 nitrogen and oxygen atoms in total. The summed E-state index contributed by atoms with van der Waals surface area (Å²) in [5.41, 5.74) is 0.350. The second-order valence-electron chi connectivity index (χ2n) is 4.26. The molecular formula is C10H17NO2. The van der Waals surface area contributed by atoms with Crippen molar-refractivity contribution in [3.05, 3.63) is 12.3 Å². The van der Waals surface area contributed by atoms with Crippen molar-refractivity contribution in [1.29, 1.82) is 0 Å². The Kier molecular flexibility index (Phi) is 2.64. The van der Waals surface area contributed by atoms with Gasteiger partial charge in [-0.15, -0.1) is 0 Å². The smallest absolute Gasteiger partial charge is 0.329 e. The summed E-state index contributed by atoms with van der Waals surface area (Å²) in [6.45, 7) is 6.62. The van der Waals surface area contributed by atoms with Gasteiger partial charge in [0.05, 0.1) is 0 Å². The summed E-state index contributed by atoms with van der Waals surface area (Å²) >= 11 is 0. The van der Waals surface area contributed by atoms with Crippen LogP contribution in [0.1, 0.15) is 27.2 Å². The average Bonchev–Trinajstić information content (AvgIpc) is 2.63. The first-order valence-corrected chi connectivity index (χ1v) is 4.62. The topological polar surface area (TPSA) is 49.3 Å². The van der Waals surface area contributed by atoms with Crippen molar-refractivity contribution >= 4 is 5.97 Å². The van der Waals surface area contributed by atoms with Gasteiger partial charge in [-0.3, -0.25) is 0 Å². The number of carboxylic acids is 1. The van der Waals surface area contributed by atoms with E-state index in [9.17, 15) is 4.79 Å². The molecule has 0 radical (unpaired) electrons. The highest BCUT2D eigenvalue weighted by Crippen LogP contribution is 2.51. The predicted octanol–water partition coefficient (Wildman–Crippen LogP) is 1.61. The van der Waals surface area contributed by atoms with Crippen LogP contribution >= 0.6 is 0 Å². The van der Waals surface area contributed by atoms with E-state index < -0.39 is 5.97 Å². The maximum Gasteiger partial charge on any atom is 0.329 e. The molecule has 2 unspecified atom stereocenters. The van der Waals surface area contributed by atoms with Crippen LogP contribution in [0.5, 0.6) is 0 Å². The summed E-state index contributed by atoms with van der Waals surface area (Å²) in [4.78, 5) is 10.2. The largest absolute Gasteiger partial charge is 0.478 e. The molecule has 0 heterocycles. The minimum atomic E-state index is -0.903. The number of hydrogen-bond acceptors (Lipinski definition) is 2. The lowest BCUT2D eigenvalue weighted by molar-refractivity contribution is -0.131. The van der Waals surface area contributed by atoms with E-state index in [2.05, 4.69) is 26.1 Å². The van der Waals surface area contributed by atoms with Gasteiger partial charge >= 0.3 is 5.97 Å². The zero-order valence-electron chi connectivity index (χ0n) is 8.37. The number of hydrogen-bond donors (Lipinski definition) is 2. The first-order chi connectivity index (χ1) is 5.97. The highest BCUT2D eigenvalue weighted by atomic mass is 16.4. The quantitative estimate of drug-likeness (QED) is 0.651. The van der Waals surface area contributed by atoms with Gasteiger partial charge < -0.3 is 10.4 Å². The zero-order chi connectivity index (χ0) is 10.1. The van der Waals surface area contributed by atoms with Crippen LogP contribution in [0.25, 0.3) is 0 Å². The van der Waals surface area contributed by atoms with E-state index in [1.165, 1.54) is 6.20 Å². The van der Waals surface area contributed by atoms with Crippen LogP contribution in [-0.2, 0) is 4.79 Å². The molecule has 0 aliphatic heterocycles. The molecule has 0 spiro atoms. The van der Waals surface area contributed by atoms with Crippen molar-refractivity contribution < 1.29 is 9.90 Å². The summed E-state index contributed by atoms with van der Waals surface area (Å²) in [6, 6.07) is 0.447. The number of aliphatic carboxylic acids is 1. The fourth-order valence-corrected chi connectivity index (χ4v) is 1.50. The van der Waals surface area contributed by atoms with Crippen molar-refractivity contribution in [2.45, 2.75) is 33.2 Å². The average molecular weight is 183 g/mol. The summed E-state index contributed by atoms with van der Waals surface area (Å²) in [6.07, 6.45) is 3.80. The lowest BCUT2D eigenvalue weighted by atomic mass is 9.94. The van der Waals surface area contributed by atoms with Crippen molar-refractivity contribution in [1.82, 2.24) is 5.32 Å². The van der Waals surface area contributed by atoms with Crippen molar-refractivity contribution in [2.24, 2.45) is 11.3 Å². The molecule has 0 bridgehead atoms. The molecule has 0 amide bonds. The number of carbonyl (C=O) groups is 1. The molecule has 0 aromatic carbocycles. The van der Waals surface area contributed by atoms with Crippen LogP contribution in [0.2, 0.25) is 0 Å². The van der Waals surface area contributed by atoms with Crippen molar-refractivity contribution in [3.8, 4) is 0 Å². The van der Waals surface area contributed by atoms with Gasteiger partial charge in [0, 0.05) is 18.3 Å². The second kappa shape index (κ2) is 3.40. The third-order valence-electron chi connectivity index (χ3n) is 3.12. The minimum Gasteiger partial charge on any atom is -0.478 e. The van der Waals surface area contributed by atoms with Crippen LogP contribution in [0, 0.1) is 11.3 Å². The molecule has 1 rings (SSSR count). The monoisotopic (exact) mass is 183 g/mol. The highest BCUT2D eigenvalue weighted by molar-refractivity contribution is 5.79.